The summed E-state index contributed by atoms with van der Waals surface area (Å²) >= 11 is 0. The first kappa shape index (κ1) is 15.3. The summed E-state index contributed by atoms with van der Waals surface area (Å²) < 4.78 is 6.34. The Morgan fingerprint density at radius 2 is 2.05 bits per heavy atom. The predicted octanol–water partition coefficient (Wildman–Crippen LogP) is 3.85. The fraction of sp³-hybridized carbons (Fsp3) is 0.706. The zero-order chi connectivity index (χ0) is 14.4. The molecule has 0 amide bonds. The molecule has 1 heterocycles. The van der Waals surface area contributed by atoms with Gasteiger partial charge in [0, 0.05) is 12.2 Å². The molecular formula is C17H28N2O. The molecule has 1 N–H and O–H groups in total. The van der Waals surface area contributed by atoms with Crippen LogP contribution in [0.2, 0.25) is 0 Å². The van der Waals surface area contributed by atoms with E-state index in [4.69, 9.17) is 4.74 Å². The Bertz CT molecular complexity index is 419. The van der Waals surface area contributed by atoms with Gasteiger partial charge in [0.2, 0.25) is 0 Å². The average molecular weight is 276 g/mol. The highest BCUT2D eigenvalue weighted by atomic mass is 16.5. The Balaban J connectivity index is 2.10. The smallest absolute Gasteiger partial charge is 0.142 e. The van der Waals surface area contributed by atoms with Crippen LogP contribution in [0.15, 0.2) is 12.1 Å². The second-order valence-corrected chi connectivity index (χ2v) is 5.79. The minimum absolute atomic E-state index is 0.374. The van der Waals surface area contributed by atoms with Gasteiger partial charge in [-0.15, -0.1) is 0 Å². The van der Waals surface area contributed by atoms with Crippen LogP contribution >= 0.6 is 0 Å². The molecular weight excluding hydrogens is 248 g/mol. The molecule has 0 spiro atoms. The Hall–Kier alpha value is -1.09. The van der Waals surface area contributed by atoms with Crippen LogP contribution in [-0.4, -0.2) is 17.6 Å². The molecule has 2 rings (SSSR count). The molecule has 0 aliphatic heterocycles. The van der Waals surface area contributed by atoms with E-state index < -0.39 is 0 Å². The van der Waals surface area contributed by atoms with Gasteiger partial charge in [0.15, 0.2) is 0 Å². The lowest BCUT2D eigenvalue weighted by atomic mass is 9.85. The minimum atomic E-state index is 0.374. The molecule has 0 aromatic carbocycles. The third-order valence-electron chi connectivity index (χ3n) is 4.26. The summed E-state index contributed by atoms with van der Waals surface area (Å²) in [4.78, 5) is 4.64. The SMILES string of the molecule is CCNCc1nc(C)ccc1OC1CCCCC1CC. The summed E-state index contributed by atoms with van der Waals surface area (Å²) in [7, 11) is 0. The number of hydrogen-bond donors (Lipinski definition) is 1. The van der Waals surface area contributed by atoms with Crippen LogP contribution in [-0.2, 0) is 6.54 Å². The van der Waals surface area contributed by atoms with Gasteiger partial charge in [0.05, 0.1) is 5.69 Å². The van der Waals surface area contributed by atoms with E-state index in [1.165, 1.54) is 32.1 Å². The first-order valence-electron chi connectivity index (χ1n) is 8.08. The van der Waals surface area contributed by atoms with Crippen LogP contribution in [0.1, 0.15) is 57.3 Å². The van der Waals surface area contributed by atoms with Gasteiger partial charge in [-0.2, -0.15) is 0 Å². The number of ether oxygens (including phenoxy) is 1. The molecule has 20 heavy (non-hydrogen) atoms. The maximum Gasteiger partial charge on any atom is 0.142 e. The van der Waals surface area contributed by atoms with E-state index in [0.29, 0.717) is 12.0 Å². The van der Waals surface area contributed by atoms with Gasteiger partial charge in [-0.3, -0.25) is 4.98 Å². The molecule has 2 atom stereocenters. The summed E-state index contributed by atoms with van der Waals surface area (Å²) in [6.07, 6.45) is 6.74. The van der Waals surface area contributed by atoms with Crippen molar-refractivity contribution in [1.29, 1.82) is 0 Å². The normalized spacial score (nSPS) is 22.8. The minimum Gasteiger partial charge on any atom is -0.488 e. The van der Waals surface area contributed by atoms with Gasteiger partial charge in [0.1, 0.15) is 11.9 Å². The summed E-state index contributed by atoms with van der Waals surface area (Å²) in [6.45, 7) is 8.17. The molecule has 3 heteroatoms. The third-order valence-corrected chi connectivity index (χ3v) is 4.26. The van der Waals surface area contributed by atoms with Crippen molar-refractivity contribution in [1.82, 2.24) is 10.3 Å². The number of nitrogens with one attached hydrogen (secondary N) is 1. The van der Waals surface area contributed by atoms with E-state index in [9.17, 15) is 0 Å². The Morgan fingerprint density at radius 1 is 1.25 bits per heavy atom. The van der Waals surface area contributed by atoms with E-state index in [1.54, 1.807) is 0 Å². The zero-order valence-electron chi connectivity index (χ0n) is 13.1. The summed E-state index contributed by atoms with van der Waals surface area (Å²) in [6, 6.07) is 4.14. The molecule has 1 fully saturated rings. The number of aryl methyl sites for hydroxylation is 1. The monoisotopic (exact) mass is 276 g/mol. The number of hydrogen-bond acceptors (Lipinski definition) is 3. The van der Waals surface area contributed by atoms with E-state index in [0.717, 1.165) is 30.2 Å². The van der Waals surface area contributed by atoms with Crippen molar-refractivity contribution in [2.75, 3.05) is 6.54 Å². The Labute approximate surface area is 123 Å². The predicted molar refractivity (Wildman–Crippen MR) is 83.0 cm³/mol. The van der Waals surface area contributed by atoms with Crippen molar-refractivity contribution in [3.8, 4) is 5.75 Å². The Kier molecular flexibility index (Phi) is 5.84. The number of rotatable bonds is 6. The van der Waals surface area contributed by atoms with Gasteiger partial charge in [-0.1, -0.05) is 20.3 Å². The lowest BCUT2D eigenvalue weighted by Crippen LogP contribution is -2.30. The van der Waals surface area contributed by atoms with E-state index in [2.05, 4.69) is 36.3 Å². The standard InChI is InChI=1S/C17H28N2O/c1-4-14-8-6-7-9-16(14)20-17-11-10-13(3)19-15(17)12-18-5-2/h10-11,14,16,18H,4-9,12H2,1-3H3. The number of nitrogens with zero attached hydrogens (tertiary/aromatic N) is 1. The molecule has 3 nitrogen and oxygen atoms in total. The molecule has 1 aliphatic rings. The van der Waals surface area contributed by atoms with Gasteiger partial charge < -0.3 is 10.1 Å². The second-order valence-electron chi connectivity index (χ2n) is 5.79. The Morgan fingerprint density at radius 3 is 2.80 bits per heavy atom. The quantitative estimate of drug-likeness (QED) is 0.857. The van der Waals surface area contributed by atoms with E-state index in [1.807, 2.05) is 6.92 Å². The van der Waals surface area contributed by atoms with Gasteiger partial charge in [-0.05, 0) is 57.2 Å². The first-order valence-corrected chi connectivity index (χ1v) is 8.08. The average Bonchev–Trinajstić information content (AvgIpc) is 2.48. The van der Waals surface area contributed by atoms with Gasteiger partial charge in [-0.25, -0.2) is 0 Å². The molecule has 0 bridgehead atoms. The van der Waals surface area contributed by atoms with Crippen LogP contribution in [0.3, 0.4) is 0 Å². The molecule has 0 saturated heterocycles. The molecule has 1 aliphatic carbocycles. The van der Waals surface area contributed by atoms with Crippen LogP contribution in [0.25, 0.3) is 0 Å². The third kappa shape index (κ3) is 3.95. The highest BCUT2D eigenvalue weighted by Gasteiger charge is 2.26. The number of pyridine rings is 1. The molecule has 2 unspecified atom stereocenters. The van der Waals surface area contributed by atoms with Crippen molar-refractivity contribution < 1.29 is 4.74 Å². The lowest BCUT2D eigenvalue weighted by molar-refractivity contribution is 0.0887. The molecule has 0 radical (unpaired) electrons. The van der Waals surface area contributed by atoms with Crippen molar-refractivity contribution >= 4 is 0 Å². The fourth-order valence-corrected chi connectivity index (χ4v) is 3.03. The van der Waals surface area contributed by atoms with Gasteiger partial charge in [0.25, 0.3) is 0 Å². The maximum atomic E-state index is 6.34. The lowest BCUT2D eigenvalue weighted by Gasteiger charge is -2.31. The fourth-order valence-electron chi connectivity index (χ4n) is 3.03. The molecule has 112 valence electrons. The van der Waals surface area contributed by atoms with Crippen LogP contribution in [0, 0.1) is 12.8 Å². The summed E-state index contributed by atoms with van der Waals surface area (Å²) in [5, 5.41) is 3.35. The largest absolute Gasteiger partial charge is 0.488 e. The van der Waals surface area contributed by atoms with Crippen LogP contribution in [0.4, 0.5) is 0 Å². The number of aromatic nitrogens is 1. The topological polar surface area (TPSA) is 34.2 Å². The van der Waals surface area contributed by atoms with Crippen molar-refractivity contribution in [3.05, 3.63) is 23.5 Å². The van der Waals surface area contributed by atoms with Crippen molar-refractivity contribution in [2.24, 2.45) is 5.92 Å². The second kappa shape index (κ2) is 7.63. The highest BCUT2D eigenvalue weighted by molar-refractivity contribution is 5.29. The first-order chi connectivity index (χ1) is 9.74. The molecule has 1 aromatic rings. The van der Waals surface area contributed by atoms with E-state index in [-0.39, 0.29) is 0 Å². The van der Waals surface area contributed by atoms with Crippen molar-refractivity contribution in [3.63, 3.8) is 0 Å². The molecule has 1 saturated carbocycles. The molecule has 1 aromatic heterocycles. The van der Waals surface area contributed by atoms with Crippen LogP contribution < -0.4 is 10.1 Å². The summed E-state index contributed by atoms with van der Waals surface area (Å²) in [5.74, 6) is 1.68. The van der Waals surface area contributed by atoms with Gasteiger partial charge >= 0.3 is 0 Å². The van der Waals surface area contributed by atoms with E-state index >= 15 is 0 Å². The zero-order valence-corrected chi connectivity index (χ0v) is 13.1. The van der Waals surface area contributed by atoms with Crippen LogP contribution in [0.5, 0.6) is 5.75 Å². The highest BCUT2D eigenvalue weighted by Crippen LogP contribution is 2.31. The van der Waals surface area contributed by atoms with Crippen molar-refractivity contribution in [2.45, 2.75) is 65.5 Å². The summed E-state index contributed by atoms with van der Waals surface area (Å²) in [5.41, 5.74) is 2.10. The maximum absolute atomic E-state index is 6.34.